The molecule has 0 heterocycles. The fraction of sp³-hybridized carbons (Fsp3) is 0.500. The quantitative estimate of drug-likeness (QED) is 0.426. The number of benzene rings is 1. The molecular formula is C14H21AsO. The Morgan fingerprint density at radius 3 is 2.50 bits per heavy atom. The summed E-state index contributed by atoms with van der Waals surface area (Å²) in [5, 5.41) is 0. The van der Waals surface area contributed by atoms with Gasteiger partial charge in [-0.05, 0) is 0 Å². The van der Waals surface area contributed by atoms with Crippen LogP contribution in [0.1, 0.15) is 49.9 Å². The third-order valence-corrected chi connectivity index (χ3v) is 5.74. The van der Waals surface area contributed by atoms with E-state index in [2.05, 4.69) is 26.0 Å². The van der Waals surface area contributed by atoms with E-state index in [4.69, 9.17) is 0 Å². The molecule has 0 saturated heterocycles. The van der Waals surface area contributed by atoms with Crippen molar-refractivity contribution in [3.05, 3.63) is 29.8 Å². The minimum absolute atomic E-state index is 0.0263. The Labute approximate surface area is 105 Å². The first-order valence-corrected chi connectivity index (χ1v) is 8.34. The minimum atomic E-state index is -0.0263. The third kappa shape index (κ3) is 4.98. The van der Waals surface area contributed by atoms with Gasteiger partial charge in [0.2, 0.25) is 0 Å². The molecule has 0 fully saturated rings. The monoisotopic (exact) mass is 280 g/mol. The summed E-state index contributed by atoms with van der Waals surface area (Å²) >= 11 is -0.0263. The van der Waals surface area contributed by atoms with Crippen molar-refractivity contribution in [1.82, 2.24) is 0 Å². The first kappa shape index (κ1) is 13.5. The number of hydrogen-bond acceptors (Lipinski definition) is 1. The third-order valence-electron chi connectivity index (χ3n) is 2.70. The van der Waals surface area contributed by atoms with Gasteiger partial charge in [-0.15, -0.1) is 0 Å². The predicted molar refractivity (Wildman–Crippen MR) is 72.2 cm³/mol. The molecule has 0 amide bonds. The molecular weight excluding hydrogens is 259 g/mol. The molecule has 88 valence electrons. The van der Waals surface area contributed by atoms with E-state index in [9.17, 15) is 4.79 Å². The van der Waals surface area contributed by atoms with Gasteiger partial charge in [0.1, 0.15) is 0 Å². The van der Waals surface area contributed by atoms with Crippen LogP contribution in [0, 0.1) is 0 Å². The zero-order valence-electron chi connectivity index (χ0n) is 10.2. The number of carbonyl (C=O) groups is 1. The first-order chi connectivity index (χ1) is 7.76. The van der Waals surface area contributed by atoms with Crippen LogP contribution in [0.3, 0.4) is 0 Å². The Hall–Kier alpha value is -0.552. The van der Waals surface area contributed by atoms with Crippen molar-refractivity contribution in [2.45, 2.75) is 44.2 Å². The summed E-state index contributed by atoms with van der Waals surface area (Å²) in [7, 11) is 0. The van der Waals surface area contributed by atoms with Crippen molar-refractivity contribution in [1.29, 1.82) is 0 Å². The number of aldehydes is 1. The maximum absolute atomic E-state index is 10.5. The fourth-order valence-corrected chi connectivity index (χ4v) is 4.39. The van der Waals surface area contributed by atoms with Gasteiger partial charge < -0.3 is 0 Å². The predicted octanol–water partition coefficient (Wildman–Crippen LogP) is 2.95. The van der Waals surface area contributed by atoms with E-state index in [1.807, 2.05) is 12.1 Å². The maximum atomic E-state index is 10.5. The van der Waals surface area contributed by atoms with Crippen molar-refractivity contribution in [3.8, 4) is 0 Å². The molecule has 2 atom stereocenters. The average Bonchev–Trinajstić information content (AvgIpc) is 2.30. The molecule has 0 N–H and O–H groups in total. The first-order valence-electron chi connectivity index (χ1n) is 6.08. The van der Waals surface area contributed by atoms with Gasteiger partial charge in [-0.25, -0.2) is 0 Å². The Kier molecular flexibility index (Phi) is 6.48. The molecule has 2 unspecified atom stereocenters. The number of carbonyl (C=O) groups excluding carboxylic acids is 1. The normalized spacial score (nSPS) is 13.1. The Balaban J connectivity index is 2.37. The molecule has 0 saturated carbocycles. The molecule has 0 aliphatic rings. The van der Waals surface area contributed by atoms with Crippen LogP contribution in [0.2, 0.25) is 4.71 Å². The summed E-state index contributed by atoms with van der Waals surface area (Å²) in [5.41, 5.74) is 0.786. The number of hydrogen-bond donors (Lipinski definition) is 0. The standard InChI is InChI=1S/C14H21AsO/c1-3-4-5-6-12(2)15-14-9-7-13(11-16)8-10-14/h7-12,15H,3-6H2,1-2H3. The fourth-order valence-electron chi connectivity index (χ4n) is 1.72. The molecule has 16 heavy (non-hydrogen) atoms. The Morgan fingerprint density at radius 1 is 1.25 bits per heavy atom. The second-order valence-electron chi connectivity index (χ2n) is 4.28. The van der Waals surface area contributed by atoms with Crippen LogP contribution in [-0.4, -0.2) is 22.0 Å². The summed E-state index contributed by atoms with van der Waals surface area (Å²) in [5.74, 6) is 0. The zero-order chi connectivity index (χ0) is 11.8. The van der Waals surface area contributed by atoms with Crippen LogP contribution in [0.4, 0.5) is 0 Å². The van der Waals surface area contributed by atoms with E-state index in [1.165, 1.54) is 30.0 Å². The van der Waals surface area contributed by atoms with Crippen LogP contribution in [0.15, 0.2) is 24.3 Å². The zero-order valence-corrected chi connectivity index (χ0v) is 12.3. The van der Waals surface area contributed by atoms with Crippen LogP contribution >= 0.6 is 0 Å². The number of rotatable bonds is 7. The van der Waals surface area contributed by atoms with E-state index in [1.54, 1.807) is 0 Å². The van der Waals surface area contributed by atoms with Gasteiger partial charge in [0, 0.05) is 0 Å². The molecule has 0 aliphatic heterocycles. The van der Waals surface area contributed by atoms with E-state index in [-0.39, 0.29) is 15.8 Å². The molecule has 0 aromatic heterocycles. The molecule has 0 aliphatic carbocycles. The molecule has 1 nitrogen and oxygen atoms in total. The summed E-state index contributed by atoms with van der Waals surface area (Å²) in [6, 6.07) is 8.12. The van der Waals surface area contributed by atoms with Crippen molar-refractivity contribution in [3.63, 3.8) is 0 Å². The Bertz CT molecular complexity index is 305. The van der Waals surface area contributed by atoms with Crippen molar-refractivity contribution in [2.24, 2.45) is 0 Å². The van der Waals surface area contributed by atoms with Gasteiger partial charge in [0.05, 0.1) is 0 Å². The van der Waals surface area contributed by atoms with Gasteiger partial charge in [0.25, 0.3) is 0 Å². The second-order valence-corrected chi connectivity index (χ2v) is 8.17. The van der Waals surface area contributed by atoms with Gasteiger partial charge in [0.15, 0.2) is 0 Å². The molecule has 0 radical (unpaired) electrons. The van der Waals surface area contributed by atoms with Crippen molar-refractivity contribution in [2.75, 3.05) is 0 Å². The molecule has 1 rings (SSSR count). The van der Waals surface area contributed by atoms with Crippen LogP contribution < -0.4 is 4.35 Å². The van der Waals surface area contributed by atoms with Gasteiger partial charge >= 0.3 is 105 Å². The average molecular weight is 280 g/mol. The van der Waals surface area contributed by atoms with E-state index in [0.29, 0.717) is 0 Å². The van der Waals surface area contributed by atoms with Crippen LogP contribution in [0.25, 0.3) is 0 Å². The van der Waals surface area contributed by atoms with Crippen molar-refractivity contribution < 1.29 is 4.79 Å². The summed E-state index contributed by atoms with van der Waals surface area (Å²) in [4.78, 5) is 10.5. The number of unbranched alkanes of at least 4 members (excludes halogenated alkanes) is 2. The van der Waals surface area contributed by atoms with Crippen LogP contribution in [0.5, 0.6) is 0 Å². The summed E-state index contributed by atoms with van der Waals surface area (Å²) in [6.07, 6.45) is 6.31. The molecule has 1 aromatic carbocycles. The SMILES string of the molecule is CCCCCC(C)[AsH]c1ccc(C=O)cc1. The summed E-state index contributed by atoms with van der Waals surface area (Å²) < 4.78 is 2.34. The van der Waals surface area contributed by atoms with E-state index >= 15 is 0 Å². The van der Waals surface area contributed by atoms with E-state index in [0.717, 1.165) is 16.6 Å². The molecule has 0 spiro atoms. The van der Waals surface area contributed by atoms with Gasteiger partial charge in [-0.3, -0.25) is 0 Å². The second kappa shape index (κ2) is 7.68. The topological polar surface area (TPSA) is 17.1 Å². The van der Waals surface area contributed by atoms with Gasteiger partial charge in [-0.1, -0.05) is 0 Å². The summed E-state index contributed by atoms with van der Waals surface area (Å²) in [6.45, 7) is 4.61. The Morgan fingerprint density at radius 2 is 1.94 bits per heavy atom. The molecule has 1 aromatic rings. The van der Waals surface area contributed by atoms with Crippen molar-refractivity contribution >= 4 is 26.4 Å². The molecule has 2 heteroatoms. The van der Waals surface area contributed by atoms with Gasteiger partial charge in [-0.2, -0.15) is 0 Å². The van der Waals surface area contributed by atoms with Crippen LogP contribution in [-0.2, 0) is 0 Å². The molecule has 0 bridgehead atoms. The van der Waals surface area contributed by atoms with E-state index < -0.39 is 0 Å².